The summed E-state index contributed by atoms with van der Waals surface area (Å²) in [7, 11) is 0. The van der Waals surface area contributed by atoms with Crippen LogP contribution in [0.1, 0.15) is 39.0 Å². The lowest BCUT2D eigenvalue weighted by Crippen LogP contribution is -2.51. The lowest BCUT2D eigenvalue weighted by Gasteiger charge is -2.42. The molecule has 0 aromatic rings. The van der Waals surface area contributed by atoms with E-state index in [4.69, 9.17) is 27.9 Å². The second kappa shape index (κ2) is 4.11. The second-order valence-electron chi connectivity index (χ2n) is 5.80. The third-order valence-corrected chi connectivity index (χ3v) is 5.49. The normalized spacial score (nSPS) is 43.4. The van der Waals surface area contributed by atoms with Crippen molar-refractivity contribution in [1.82, 2.24) is 0 Å². The number of rotatable bonds is 4. The summed E-state index contributed by atoms with van der Waals surface area (Å²) in [4.78, 5) is 12.4. The Bertz CT molecular complexity index is 340. The van der Waals surface area contributed by atoms with Gasteiger partial charge in [-0.05, 0) is 43.4 Å². The number of alkyl halides is 2. The quantitative estimate of drug-likeness (QED) is 0.737. The molecule has 0 spiro atoms. The molecule has 2 aliphatic carbocycles. The van der Waals surface area contributed by atoms with Gasteiger partial charge in [0.1, 0.15) is 6.10 Å². The first kappa shape index (κ1) is 12.3. The van der Waals surface area contributed by atoms with Crippen molar-refractivity contribution >= 4 is 29.0 Å². The Hall–Kier alpha value is 0.210. The van der Waals surface area contributed by atoms with Crippen molar-refractivity contribution < 1.29 is 9.53 Å². The second-order valence-corrected chi connectivity index (χ2v) is 7.29. The van der Waals surface area contributed by atoms with E-state index < -0.39 is 4.33 Å². The predicted octanol–water partition coefficient (Wildman–Crippen LogP) is 3.34. The highest BCUT2D eigenvalue weighted by molar-refractivity contribution is 6.58. The van der Waals surface area contributed by atoms with Gasteiger partial charge in [0.25, 0.3) is 0 Å². The molecular formula is C13H18Cl2O2. The first-order chi connectivity index (χ1) is 8.03. The average molecular weight is 277 g/mol. The number of Topliss-reactive ketones (excluding diaryl/α,β-unsaturated/α-hetero) is 1. The molecule has 5 atom stereocenters. The van der Waals surface area contributed by atoms with E-state index in [2.05, 4.69) is 0 Å². The molecule has 2 aliphatic heterocycles. The zero-order chi connectivity index (χ0) is 12.2. The van der Waals surface area contributed by atoms with Crippen molar-refractivity contribution in [3.8, 4) is 0 Å². The number of halogens is 2. The van der Waals surface area contributed by atoms with Gasteiger partial charge in [-0.1, -0.05) is 36.5 Å². The molecule has 2 heterocycles. The molecular weight excluding hydrogens is 259 g/mol. The summed E-state index contributed by atoms with van der Waals surface area (Å²) in [5.74, 6) is 1.66. The number of carbonyl (C=O) groups is 1. The molecule has 4 aliphatic rings. The van der Waals surface area contributed by atoms with Crippen LogP contribution >= 0.6 is 23.2 Å². The fourth-order valence-electron chi connectivity index (χ4n) is 4.00. The van der Waals surface area contributed by atoms with Crippen LogP contribution in [0.4, 0.5) is 0 Å². The molecule has 2 saturated carbocycles. The Morgan fingerprint density at radius 3 is 2.59 bits per heavy atom. The first-order valence-electron chi connectivity index (χ1n) is 6.60. The average Bonchev–Trinajstić information content (AvgIpc) is 2.83. The van der Waals surface area contributed by atoms with Gasteiger partial charge in [0.15, 0.2) is 10.1 Å². The van der Waals surface area contributed by atoms with Crippen LogP contribution in [0.2, 0.25) is 0 Å². The molecule has 0 aromatic heterocycles. The van der Waals surface area contributed by atoms with E-state index >= 15 is 0 Å². The van der Waals surface area contributed by atoms with Crippen LogP contribution in [0.5, 0.6) is 0 Å². The van der Waals surface area contributed by atoms with Gasteiger partial charge >= 0.3 is 0 Å². The number of ether oxygens (including phenoxy) is 1. The molecule has 4 fully saturated rings. The minimum absolute atomic E-state index is 0.0947. The van der Waals surface area contributed by atoms with Gasteiger partial charge in [-0.15, -0.1) is 0 Å². The van der Waals surface area contributed by atoms with Crippen molar-refractivity contribution in [2.24, 2.45) is 17.8 Å². The zero-order valence-corrected chi connectivity index (χ0v) is 11.5. The van der Waals surface area contributed by atoms with Gasteiger partial charge in [-0.3, -0.25) is 4.79 Å². The molecule has 0 N–H and O–H groups in total. The van der Waals surface area contributed by atoms with Crippen molar-refractivity contribution in [1.29, 1.82) is 0 Å². The largest absolute Gasteiger partial charge is 0.366 e. The molecule has 4 rings (SSSR count). The van der Waals surface area contributed by atoms with Gasteiger partial charge in [-0.25, -0.2) is 0 Å². The standard InChI is InChI=1S/C13H18Cl2O2/c1-2-3-13(14,15)12(16)11-9-5-8-4-7(9)6-10(8)17-11/h7-11H,2-6H2,1H3. The van der Waals surface area contributed by atoms with E-state index in [-0.39, 0.29) is 11.9 Å². The number of ketones is 1. The Kier molecular flexibility index (Phi) is 2.96. The predicted molar refractivity (Wildman–Crippen MR) is 67.3 cm³/mol. The third kappa shape index (κ3) is 1.84. The Balaban J connectivity index is 1.76. The van der Waals surface area contributed by atoms with Gasteiger partial charge in [0, 0.05) is 0 Å². The van der Waals surface area contributed by atoms with Crippen LogP contribution in [0.25, 0.3) is 0 Å². The summed E-state index contributed by atoms with van der Waals surface area (Å²) in [6.45, 7) is 1.98. The first-order valence-corrected chi connectivity index (χ1v) is 7.36. The van der Waals surface area contributed by atoms with Gasteiger partial charge in [0.2, 0.25) is 0 Å². The summed E-state index contributed by atoms with van der Waals surface area (Å²) in [5.41, 5.74) is 0. The van der Waals surface area contributed by atoms with E-state index in [0.29, 0.717) is 30.3 Å². The van der Waals surface area contributed by atoms with Crippen LogP contribution in [0, 0.1) is 17.8 Å². The number of hydrogen-bond acceptors (Lipinski definition) is 2. The molecule has 17 heavy (non-hydrogen) atoms. The van der Waals surface area contributed by atoms with E-state index in [9.17, 15) is 4.79 Å². The highest BCUT2D eigenvalue weighted by Crippen LogP contribution is 2.57. The summed E-state index contributed by atoms with van der Waals surface area (Å²) in [6, 6.07) is 0. The lowest BCUT2D eigenvalue weighted by molar-refractivity contribution is -0.161. The fraction of sp³-hybridized carbons (Fsp3) is 0.923. The Morgan fingerprint density at radius 1 is 1.29 bits per heavy atom. The van der Waals surface area contributed by atoms with E-state index in [1.165, 1.54) is 6.42 Å². The highest BCUT2D eigenvalue weighted by Gasteiger charge is 2.58. The van der Waals surface area contributed by atoms with Crippen LogP contribution in [0.3, 0.4) is 0 Å². The molecule has 5 unspecified atom stereocenters. The van der Waals surface area contributed by atoms with E-state index in [1.54, 1.807) is 0 Å². The highest BCUT2D eigenvalue weighted by atomic mass is 35.5. The maximum atomic E-state index is 12.4. The molecule has 4 bridgehead atoms. The van der Waals surface area contributed by atoms with E-state index in [0.717, 1.165) is 19.3 Å². The minimum Gasteiger partial charge on any atom is -0.366 e. The molecule has 96 valence electrons. The van der Waals surface area contributed by atoms with Gasteiger partial charge in [-0.2, -0.15) is 0 Å². The Morgan fingerprint density at radius 2 is 2.06 bits per heavy atom. The number of carbonyl (C=O) groups excluding carboxylic acids is 1. The van der Waals surface area contributed by atoms with E-state index in [1.807, 2.05) is 6.92 Å². The molecule has 0 aromatic carbocycles. The minimum atomic E-state index is -1.25. The van der Waals surface area contributed by atoms with Crippen LogP contribution < -0.4 is 0 Å². The van der Waals surface area contributed by atoms with Crippen molar-refractivity contribution in [2.45, 2.75) is 55.6 Å². The van der Waals surface area contributed by atoms with Crippen LogP contribution in [0.15, 0.2) is 0 Å². The smallest absolute Gasteiger partial charge is 0.197 e. The monoisotopic (exact) mass is 276 g/mol. The molecule has 2 saturated heterocycles. The SMILES string of the molecule is CCCC(Cl)(Cl)C(=O)C1OC2CC3CC2CC31. The summed E-state index contributed by atoms with van der Waals surface area (Å²) >= 11 is 12.3. The maximum absolute atomic E-state index is 12.4. The van der Waals surface area contributed by atoms with Gasteiger partial charge in [0.05, 0.1) is 6.10 Å². The summed E-state index contributed by atoms with van der Waals surface area (Å²) in [6.07, 6.45) is 4.81. The fourth-order valence-corrected chi connectivity index (χ4v) is 4.59. The topological polar surface area (TPSA) is 26.3 Å². The lowest BCUT2D eigenvalue weighted by atomic mass is 9.78. The third-order valence-electron chi connectivity index (χ3n) is 4.74. The van der Waals surface area contributed by atoms with Crippen molar-refractivity contribution in [3.05, 3.63) is 0 Å². The van der Waals surface area contributed by atoms with Crippen molar-refractivity contribution in [3.63, 3.8) is 0 Å². The summed E-state index contributed by atoms with van der Waals surface area (Å²) < 4.78 is 4.67. The molecule has 0 radical (unpaired) electrons. The number of hydrogen-bond donors (Lipinski definition) is 0. The van der Waals surface area contributed by atoms with Gasteiger partial charge < -0.3 is 4.74 Å². The number of fused-ring (bicyclic) bond motifs is 1. The van der Waals surface area contributed by atoms with Crippen LogP contribution in [-0.2, 0) is 9.53 Å². The molecule has 0 amide bonds. The maximum Gasteiger partial charge on any atom is 0.197 e. The zero-order valence-electron chi connectivity index (χ0n) is 9.99. The molecule has 4 heteroatoms. The summed E-state index contributed by atoms with van der Waals surface area (Å²) in [5, 5.41) is 0. The Labute approximate surface area is 112 Å². The molecule has 2 nitrogen and oxygen atoms in total. The van der Waals surface area contributed by atoms with Crippen molar-refractivity contribution in [2.75, 3.05) is 0 Å². The van der Waals surface area contributed by atoms with Crippen LogP contribution in [-0.4, -0.2) is 22.3 Å².